The van der Waals surface area contributed by atoms with Crippen LogP contribution in [0.2, 0.25) is 0 Å². The van der Waals surface area contributed by atoms with Gasteiger partial charge >= 0.3 is 0 Å². The van der Waals surface area contributed by atoms with Crippen molar-refractivity contribution in [1.29, 1.82) is 0 Å². The van der Waals surface area contributed by atoms with Crippen molar-refractivity contribution in [3.05, 3.63) is 28.8 Å². The minimum atomic E-state index is 0.277. The molecule has 0 aromatic heterocycles. The number of fused-ring (bicyclic) bond motifs is 2. The molecule has 2 heterocycles. The zero-order valence-corrected chi connectivity index (χ0v) is 18.0. The van der Waals surface area contributed by atoms with Crippen molar-refractivity contribution in [2.45, 2.75) is 96.3 Å². The van der Waals surface area contributed by atoms with E-state index in [9.17, 15) is 4.79 Å². The number of methoxy groups -OCH3 is 1. The van der Waals surface area contributed by atoms with Gasteiger partial charge in [0.1, 0.15) is 5.75 Å². The molecular weight excluding hydrogens is 348 g/mol. The minimum absolute atomic E-state index is 0.277. The standard InChI is InChI=1S/C24H36N2O2/c1-15-16(2)23(28-4)12-11-22(15)17(3)26-20-9-10-21(26)14-19(13-20)25-24(27)18-7-5-6-8-18/h11-12,17-21H,5-10,13-14H2,1-4H3,(H,25,27). The zero-order chi connectivity index (χ0) is 19.8. The van der Waals surface area contributed by atoms with E-state index in [1.54, 1.807) is 7.11 Å². The molecule has 4 nitrogen and oxygen atoms in total. The molecule has 3 atom stereocenters. The summed E-state index contributed by atoms with van der Waals surface area (Å²) in [6.45, 7) is 6.74. The molecule has 1 aliphatic carbocycles. The van der Waals surface area contributed by atoms with Gasteiger partial charge in [-0.25, -0.2) is 0 Å². The first-order valence-electron chi connectivity index (χ1n) is 11.2. The fraction of sp³-hybridized carbons (Fsp3) is 0.708. The summed E-state index contributed by atoms with van der Waals surface area (Å²) < 4.78 is 5.50. The third kappa shape index (κ3) is 3.56. The quantitative estimate of drug-likeness (QED) is 0.802. The van der Waals surface area contributed by atoms with Crippen LogP contribution in [0, 0.1) is 19.8 Å². The third-order valence-corrected chi connectivity index (χ3v) is 7.76. The van der Waals surface area contributed by atoms with Gasteiger partial charge in [0.05, 0.1) is 7.11 Å². The highest BCUT2D eigenvalue weighted by molar-refractivity contribution is 5.79. The first kappa shape index (κ1) is 19.8. The molecule has 3 aliphatic rings. The molecule has 3 fully saturated rings. The van der Waals surface area contributed by atoms with Gasteiger partial charge in [-0.1, -0.05) is 18.9 Å². The maximum absolute atomic E-state index is 12.6. The molecule has 2 aliphatic heterocycles. The van der Waals surface area contributed by atoms with Crippen molar-refractivity contribution >= 4 is 5.91 Å². The molecule has 1 amide bonds. The summed E-state index contributed by atoms with van der Waals surface area (Å²) in [5, 5.41) is 3.41. The van der Waals surface area contributed by atoms with Crippen molar-refractivity contribution in [2.24, 2.45) is 5.92 Å². The number of benzene rings is 1. The predicted octanol–water partition coefficient (Wildman–Crippen LogP) is 4.67. The molecule has 28 heavy (non-hydrogen) atoms. The highest BCUT2D eigenvalue weighted by Gasteiger charge is 2.44. The van der Waals surface area contributed by atoms with Crippen LogP contribution in [0.15, 0.2) is 12.1 Å². The Kier molecular flexibility index (Phi) is 5.69. The largest absolute Gasteiger partial charge is 0.496 e. The fourth-order valence-electron chi connectivity index (χ4n) is 6.12. The molecule has 1 aromatic carbocycles. The van der Waals surface area contributed by atoms with Crippen LogP contribution in [0.25, 0.3) is 0 Å². The number of rotatable bonds is 5. The number of amides is 1. The van der Waals surface area contributed by atoms with E-state index in [1.165, 1.54) is 42.4 Å². The van der Waals surface area contributed by atoms with Gasteiger partial charge in [-0.3, -0.25) is 9.69 Å². The summed E-state index contributed by atoms with van der Waals surface area (Å²) in [6.07, 6.45) is 9.36. The maximum Gasteiger partial charge on any atom is 0.223 e. The average Bonchev–Trinajstić information content (AvgIpc) is 3.30. The van der Waals surface area contributed by atoms with E-state index in [1.807, 2.05) is 0 Å². The van der Waals surface area contributed by atoms with Crippen LogP contribution < -0.4 is 10.1 Å². The molecule has 1 saturated carbocycles. The lowest BCUT2D eigenvalue weighted by Gasteiger charge is -2.43. The predicted molar refractivity (Wildman–Crippen MR) is 113 cm³/mol. The molecule has 3 unspecified atom stereocenters. The number of nitrogens with zero attached hydrogens (tertiary/aromatic N) is 1. The molecule has 4 rings (SSSR count). The van der Waals surface area contributed by atoms with E-state index in [4.69, 9.17) is 4.74 Å². The Hall–Kier alpha value is -1.55. The Morgan fingerprint density at radius 2 is 1.71 bits per heavy atom. The second-order valence-electron chi connectivity index (χ2n) is 9.27. The number of carbonyl (C=O) groups is 1. The summed E-state index contributed by atoms with van der Waals surface area (Å²) in [4.78, 5) is 15.3. The highest BCUT2D eigenvalue weighted by atomic mass is 16.5. The number of hydrogen-bond acceptors (Lipinski definition) is 3. The van der Waals surface area contributed by atoms with Gasteiger partial charge in [-0.15, -0.1) is 0 Å². The third-order valence-electron chi connectivity index (χ3n) is 7.76. The van der Waals surface area contributed by atoms with Gasteiger partial charge in [-0.2, -0.15) is 0 Å². The fourth-order valence-corrected chi connectivity index (χ4v) is 6.12. The van der Waals surface area contributed by atoms with Crippen molar-refractivity contribution in [3.8, 4) is 5.75 Å². The Balaban J connectivity index is 1.45. The first-order valence-corrected chi connectivity index (χ1v) is 11.2. The summed E-state index contributed by atoms with van der Waals surface area (Å²) in [7, 11) is 1.75. The van der Waals surface area contributed by atoms with Crippen LogP contribution in [0.1, 0.15) is 81.0 Å². The van der Waals surface area contributed by atoms with E-state index in [0.717, 1.165) is 31.4 Å². The van der Waals surface area contributed by atoms with E-state index < -0.39 is 0 Å². The highest BCUT2D eigenvalue weighted by Crippen LogP contribution is 2.43. The Bertz CT molecular complexity index is 712. The number of nitrogens with one attached hydrogen (secondary N) is 1. The monoisotopic (exact) mass is 384 g/mol. The smallest absolute Gasteiger partial charge is 0.223 e. The second-order valence-corrected chi connectivity index (χ2v) is 9.27. The van der Waals surface area contributed by atoms with Gasteiger partial charge in [-0.05, 0) is 82.1 Å². The molecular formula is C24H36N2O2. The molecule has 0 spiro atoms. The van der Waals surface area contributed by atoms with Crippen LogP contribution in [-0.4, -0.2) is 36.0 Å². The van der Waals surface area contributed by atoms with E-state index in [2.05, 4.69) is 43.1 Å². The van der Waals surface area contributed by atoms with Crippen molar-refractivity contribution in [2.75, 3.05) is 7.11 Å². The van der Waals surface area contributed by atoms with Crippen LogP contribution in [0.5, 0.6) is 5.75 Å². The average molecular weight is 385 g/mol. The lowest BCUT2D eigenvalue weighted by atomic mass is 9.90. The molecule has 0 radical (unpaired) electrons. The number of carbonyl (C=O) groups excluding carboxylic acids is 1. The van der Waals surface area contributed by atoms with E-state index in [-0.39, 0.29) is 5.92 Å². The molecule has 2 bridgehead atoms. The van der Waals surface area contributed by atoms with Gasteiger partial charge in [0.15, 0.2) is 0 Å². The lowest BCUT2D eigenvalue weighted by molar-refractivity contribution is -0.126. The van der Waals surface area contributed by atoms with Crippen LogP contribution in [0.4, 0.5) is 0 Å². The van der Waals surface area contributed by atoms with Gasteiger partial charge in [0, 0.05) is 30.1 Å². The molecule has 1 N–H and O–H groups in total. The number of piperidine rings is 1. The minimum Gasteiger partial charge on any atom is -0.496 e. The number of hydrogen-bond donors (Lipinski definition) is 1. The van der Waals surface area contributed by atoms with Crippen molar-refractivity contribution < 1.29 is 9.53 Å². The summed E-state index contributed by atoms with van der Waals surface area (Å²) in [6, 6.07) is 6.32. The Morgan fingerprint density at radius 1 is 1.07 bits per heavy atom. The van der Waals surface area contributed by atoms with Crippen molar-refractivity contribution in [3.63, 3.8) is 0 Å². The zero-order valence-electron chi connectivity index (χ0n) is 18.0. The van der Waals surface area contributed by atoms with Crippen LogP contribution in [0.3, 0.4) is 0 Å². The van der Waals surface area contributed by atoms with Crippen LogP contribution in [-0.2, 0) is 4.79 Å². The van der Waals surface area contributed by atoms with Crippen molar-refractivity contribution in [1.82, 2.24) is 10.2 Å². The van der Waals surface area contributed by atoms with E-state index in [0.29, 0.717) is 30.1 Å². The lowest BCUT2D eigenvalue weighted by Crippen LogP contribution is -2.51. The normalized spacial score (nSPS) is 29.1. The second kappa shape index (κ2) is 8.06. The summed E-state index contributed by atoms with van der Waals surface area (Å²) in [5.74, 6) is 1.58. The van der Waals surface area contributed by atoms with Gasteiger partial charge in [0.25, 0.3) is 0 Å². The Labute approximate surface area is 170 Å². The molecule has 1 aromatic rings. The molecule has 4 heteroatoms. The molecule has 2 saturated heterocycles. The van der Waals surface area contributed by atoms with Gasteiger partial charge < -0.3 is 10.1 Å². The SMILES string of the molecule is COc1ccc(C(C)N2C3CCC2CC(NC(=O)C2CCCC2)C3)c(C)c1C. The first-order chi connectivity index (χ1) is 13.5. The Morgan fingerprint density at radius 3 is 2.32 bits per heavy atom. The summed E-state index contributed by atoms with van der Waals surface area (Å²) >= 11 is 0. The van der Waals surface area contributed by atoms with Gasteiger partial charge in [0.2, 0.25) is 5.91 Å². The van der Waals surface area contributed by atoms with E-state index >= 15 is 0 Å². The van der Waals surface area contributed by atoms with Crippen LogP contribution >= 0.6 is 0 Å². The topological polar surface area (TPSA) is 41.6 Å². The summed E-state index contributed by atoms with van der Waals surface area (Å²) in [5.41, 5.74) is 4.02. The molecule has 154 valence electrons. The number of ether oxygens (including phenoxy) is 1. The maximum atomic E-state index is 12.6.